The van der Waals surface area contributed by atoms with Crippen molar-refractivity contribution < 1.29 is 0 Å². The molecule has 0 heterocycles. The zero-order valence-corrected chi connectivity index (χ0v) is 33.8. The fourth-order valence-electron chi connectivity index (χ4n) is 8.56. The molecule has 0 aromatic heterocycles. The van der Waals surface area contributed by atoms with Crippen LogP contribution in [0.3, 0.4) is 0 Å². The minimum atomic E-state index is 1.07. The fourth-order valence-corrected chi connectivity index (χ4v) is 8.56. The molecular weight excluding hydrogens is 735 g/mol. The van der Waals surface area contributed by atoms with Gasteiger partial charge in [-0.15, -0.1) is 0 Å². The van der Waals surface area contributed by atoms with E-state index in [1.54, 1.807) is 0 Å². The SMILES string of the molecule is c1ccc(-c2ccc(N(c3ccc(-c4ccccc4-c4ccccc4-c4ccccc4)cc3)c3cc(-c4ccccc4)cc(-c4ccccc4)c3-c3ccccc3)cc2)cc1. The van der Waals surface area contributed by atoms with Crippen LogP contribution in [0.4, 0.5) is 17.1 Å². The summed E-state index contributed by atoms with van der Waals surface area (Å²) in [6.45, 7) is 0. The number of benzene rings is 10. The minimum Gasteiger partial charge on any atom is -0.310 e. The second-order valence-corrected chi connectivity index (χ2v) is 15.3. The molecule has 0 fully saturated rings. The Hall–Kier alpha value is -8.00. The first-order valence-corrected chi connectivity index (χ1v) is 20.9. The van der Waals surface area contributed by atoms with E-state index < -0.39 is 0 Å². The summed E-state index contributed by atoms with van der Waals surface area (Å²) < 4.78 is 0. The van der Waals surface area contributed by atoms with Gasteiger partial charge in [0.2, 0.25) is 0 Å². The molecule has 10 aromatic rings. The highest BCUT2D eigenvalue weighted by Crippen LogP contribution is 2.48. The summed E-state index contributed by atoms with van der Waals surface area (Å²) in [7, 11) is 0. The summed E-state index contributed by atoms with van der Waals surface area (Å²) in [5, 5.41) is 0. The summed E-state index contributed by atoms with van der Waals surface area (Å²) in [5.41, 5.74) is 19.8. The van der Waals surface area contributed by atoms with Gasteiger partial charge in [-0.3, -0.25) is 0 Å². The molecule has 1 heteroatoms. The van der Waals surface area contributed by atoms with Crippen LogP contribution in [0.1, 0.15) is 0 Å². The average Bonchev–Trinajstić information content (AvgIpc) is 3.35. The molecule has 0 amide bonds. The number of hydrogen-bond donors (Lipinski definition) is 0. The third kappa shape index (κ3) is 7.69. The summed E-state index contributed by atoms with van der Waals surface area (Å²) in [4.78, 5) is 2.44. The lowest BCUT2D eigenvalue weighted by molar-refractivity contribution is 1.28. The molecule has 0 saturated heterocycles. The number of anilines is 3. The van der Waals surface area contributed by atoms with Gasteiger partial charge >= 0.3 is 0 Å². The van der Waals surface area contributed by atoms with E-state index in [1.165, 1.54) is 61.2 Å². The van der Waals surface area contributed by atoms with Crippen LogP contribution < -0.4 is 4.90 Å². The van der Waals surface area contributed by atoms with E-state index in [4.69, 9.17) is 0 Å². The van der Waals surface area contributed by atoms with Crippen LogP contribution in [0.5, 0.6) is 0 Å². The van der Waals surface area contributed by atoms with Crippen LogP contribution in [0.15, 0.2) is 261 Å². The Morgan fingerprint density at radius 1 is 0.197 bits per heavy atom. The molecule has 0 aliphatic heterocycles. The fraction of sp³-hybridized carbons (Fsp3) is 0. The van der Waals surface area contributed by atoms with Gasteiger partial charge in [0.1, 0.15) is 0 Å². The van der Waals surface area contributed by atoms with Crippen LogP contribution in [-0.4, -0.2) is 0 Å². The van der Waals surface area contributed by atoms with Crippen LogP contribution in [0.2, 0.25) is 0 Å². The smallest absolute Gasteiger partial charge is 0.0552 e. The van der Waals surface area contributed by atoms with Gasteiger partial charge in [0.25, 0.3) is 0 Å². The summed E-state index contributed by atoms with van der Waals surface area (Å²) >= 11 is 0. The Bertz CT molecular complexity index is 3010. The van der Waals surface area contributed by atoms with Crippen molar-refractivity contribution in [3.05, 3.63) is 261 Å². The van der Waals surface area contributed by atoms with Crippen molar-refractivity contribution in [1.29, 1.82) is 0 Å². The molecule has 0 atom stereocenters. The zero-order chi connectivity index (χ0) is 40.8. The monoisotopic (exact) mass is 777 g/mol. The van der Waals surface area contributed by atoms with E-state index in [-0.39, 0.29) is 0 Å². The third-order valence-corrected chi connectivity index (χ3v) is 11.5. The quantitative estimate of drug-likeness (QED) is 0.134. The normalized spacial score (nSPS) is 11.0. The lowest BCUT2D eigenvalue weighted by atomic mass is 9.88. The summed E-state index contributed by atoms with van der Waals surface area (Å²) in [6.07, 6.45) is 0. The maximum atomic E-state index is 2.44. The molecule has 0 aliphatic carbocycles. The Balaban J connectivity index is 1.18. The van der Waals surface area contributed by atoms with Crippen LogP contribution in [0, 0.1) is 0 Å². The van der Waals surface area contributed by atoms with Gasteiger partial charge in [-0.05, 0) is 109 Å². The maximum Gasteiger partial charge on any atom is 0.0552 e. The molecule has 0 unspecified atom stereocenters. The maximum absolute atomic E-state index is 2.44. The van der Waals surface area contributed by atoms with Gasteiger partial charge < -0.3 is 4.90 Å². The molecule has 0 bridgehead atoms. The molecule has 1 nitrogen and oxygen atoms in total. The highest BCUT2D eigenvalue weighted by atomic mass is 15.1. The van der Waals surface area contributed by atoms with E-state index in [2.05, 4.69) is 266 Å². The first kappa shape index (κ1) is 37.3. The zero-order valence-electron chi connectivity index (χ0n) is 33.8. The van der Waals surface area contributed by atoms with Gasteiger partial charge in [-0.2, -0.15) is 0 Å². The van der Waals surface area contributed by atoms with Gasteiger partial charge in [0.15, 0.2) is 0 Å². The first-order valence-electron chi connectivity index (χ1n) is 20.9. The standard InChI is InChI=1S/C60H43N/c1-6-20-44(21-7-1)46-34-38-52(39-35-46)61(53-40-36-49(37-41-53)55-31-17-19-33-57(55)56-32-18-16-30-54(56)47-24-10-3-11-25-47)59-43-51(45-22-8-2-9-23-45)42-58(48-26-12-4-13-27-48)60(59)50-28-14-5-15-29-50/h1-43H. The van der Waals surface area contributed by atoms with Crippen molar-refractivity contribution in [2.24, 2.45) is 0 Å². The molecule has 0 radical (unpaired) electrons. The molecule has 0 N–H and O–H groups in total. The molecule has 0 spiro atoms. The van der Waals surface area contributed by atoms with Gasteiger partial charge in [0.05, 0.1) is 5.69 Å². The van der Waals surface area contributed by atoms with Crippen molar-refractivity contribution in [3.63, 3.8) is 0 Å². The summed E-state index contributed by atoms with van der Waals surface area (Å²) in [6, 6.07) is 94.1. The number of nitrogens with zero attached hydrogens (tertiary/aromatic N) is 1. The van der Waals surface area contributed by atoms with E-state index >= 15 is 0 Å². The number of rotatable bonds is 10. The summed E-state index contributed by atoms with van der Waals surface area (Å²) in [5.74, 6) is 0. The molecular formula is C60H43N. The molecule has 0 saturated carbocycles. The molecule has 288 valence electrons. The van der Waals surface area contributed by atoms with Crippen molar-refractivity contribution in [2.45, 2.75) is 0 Å². The molecule has 10 rings (SSSR count). The van der Waals surface area contributed by atoms with Crippen molar-refractivity contribution in [1.82, 2.24) is 0 Å². The second kappa shape index (κ2) is 17.1. The van der Waals surface area contributed by atoms with Crippen molar-refractivity contribution >= 4 is 17.1 Å². The van der Waals surface area contributed by atoms with Crippen LogP contribution in [-0.2, 0) is 0 Å². The van der Waals surface area contributed by atoms with Crippen molar-refractivity contribution in [2.75, 3.05) is 4.90 Å². The van der Waals surface area contributed by atoms with Gasteiger partial charge in [-0.1, -0.05) is 224 Å². The Morgan fingerprint density at radius 2 is 0.508 bits per heavy atom. The predicted octanol–water partition coefficient (Wildman–Crippen LogP) is 16.8. The number of hydrogen-bond acceptors (Lipinski definition) is 1. The van der Waals surface area contributed by atoms with E-state index in [0.29, 0.717) is 0 Å². The largest absolute Gasteiger partial charge is 0.310 e. The van der Waals surface area contributed by atoms with Gasteiger partial charge in [-0.25, -0.2) is 0 Å². The Kier molecular flexibility index (Phi) is 10.4. The molecule has 61 heavy (non-hydrogen) atoms. The van der Waals surface area contributed by atoms with Crippen LogP contribution >= 0.6 is 0 Å². The highest BCUT2D eigenvalue weighted by Gasteiger charge is 2.23. The molecule has 0 aliphatic rings. The van der Waals surface area contributed by atoms with Crippen LogP contribution in [0.25, 0.3) is 77.9 Å². The molecule has 10 aromatic carbocycles. The lowest BCUT2D eigenvalue weighted by Gasteiger charge is -2.30. The highest BCUT2D eigenvalue weighted by molar-refractivity contribution is 6.00. The second-order valence-electron chi connectivity index (χ2n) is 15.3. The minimum absolute atomic E-state index is 1.07. The third-order valence-electron chi connectivity index (χ3n) is 11.5. The first-order chi connectivity index (χ1) is 30.3. The van der Waals surface area contributed by atoms with E-state index in [9.17, 15) is 0 Å². The Labute approximate surface area is 359 Å². The predicted molar refractivity (Wildman–Crippen MR) is 259 cm³/mol. The Morgan fingerprint density at radius 3 is 0.967 bits per heavy atom. The van der Waals surface area contributed by atoms with Gasteiger partial charge in [0, 0.05) is 16.9 Å². The van der Waals surface area contributed by atoms with Crippen molar-refractivity contribution in [3.8, 4) is 77.9 Å². The lowest BCUT2D eigenvalue weighted by Crippen LogP contribution is -2.12. The average molecular weight is 778 g/mol. The van der Waals surface area contributed by atoms with E-state index in [0.717, 1.165) is 33.8 Å². The topological polar surface area (TPSA) is 3.24 Å². The van der Waals surface area contributed by atoms with E-state index in [1.807, 2.05) is 0 Å².